The SMILES string of the molecule is C=CC.C=CN=C.CNC(=O)C(CCN(CCCC(C)C)Cc1ccccc1)=Nc1cc(C)c(C)cc1NC. The van der Waals surface area contributed by atoms with Gasteiger partial charge in [0.25, 0.3) is 5.91 Å². The zero-order valence-electron chi connectivity index (χ0n) is 25.4. The fourth-order valence-electron chi connectivity index (χ4n) is 3.70. The lowest BCUT2D eigenvalue weighted by Gasteiger charge is -2.23. The Hall–Kier alpha value is -3.51. The summed E-state index contributed by atoms with van der Waals surface area (Å²) in [6.45, 7) is 23.0. The van der Waals surface area contributed by atoms with Gasteiger partial charge in [0, 0.05) is 39.8 Å². The molecule has 0 heterocycles. The van der Waals surface area contributed by atoms with Crippen molar-refractivity contribution in [3.8, 4) is 0 Å². The molecular formula is C33H51N5O. The number of aryl methyl sites for hydroxylation is 2. The fourth-order valence-corrected chi connectivity index (χ4v) is 3.70. The van der Waals surface area contributed by atoms with Crippen molar-refractivity contribution in [1.82, 2.24) is 10.2 Å². The minimum atomic E-state index is -0.118. The molecule has 2 rings (SSSR count). The number of rotatable bonds is 13. The van der Waals surface area contributed by atoms with Crippen LogP contribution in [0.5, 0.6) is 0 Å². The van der Waals surface area contributed by atoms with Gasteiger partial charge in [-0.25, -0.2) is 4.99 Å². The molecule has 0 spiro atoms. The number of benzene rings is 2. The highest BCUT2D eigenvalue weighted by Gasteiger charge is 2.15. The van der Waals surface area contributed by atoms with Gasteiger partial charge in [0.05, 0.1) is 11.4 Å². The molecule has 214 valence electrons. The molecule has 2 aromatic rings. The Morgan fingerprint density at radius 3 is 2.15 bits per heavy atom. The summed E-state index contributed by atoms with van der Waals surface area (Å²) in [4.78, 5) is 23.2. The molecule has 0 unspecified atom stereocenters. The van der Waals surface area contributed by atoms with Gasteiger partial charge < -0.3 is 10.6 Å². The Morgan fingerprint density at radius 1 is 1.05 bits per heavy atom. The van der Waals surface area contributed by atoms with Gasteiger partial charge in [-0.2, -0.15) is 0 Å². The first-order chi connectivity index (χ1) is 18.7. The predicted molar refractivity (Wildman–Crippen MR) is 173 cm³/mol. The molecular weight excluding hydrogens is 482 g/mol. The first kappa shape index (κ1) is 35.5. The molecule has 0 aliphatic rings. The van der Waals surface area contributed by atoms with Gasteiger partial charge in [-0.3, -0.25) is 14.7 Å². The summed E-state index contributed by atoms with van der Waals surface area (Å²) < 4.78 is 0. The van der Waals surface area contributed by atoms with E-state index in [2.05, 4.69) is 104 Å². The lowest BCUT2D eigenvalue weighted by Crippen LogP contribution is -2.33. The molecule has 39 heavy (non-hydrogen) atoms. The first-order valence-corrected chi connectivity index (χ1v) is 13.7. The van der Waals surface area contributed by atoms with Gasteiger partial charge in [-0.05, 0) is 81.6 Å². The summed E-state index contributed by atoms with van der Waals surface area (Å²) in [5.74, 6) is 0.577. The molecule has 2 aromatic carbocycles. The van der Waals surface area contributed by atoms with Crippen LogP contribution in [-0.4, -0.2) is 50.4 Å². The number of aliphatic imine (C=N–C) groups is 2. The monoisotopic (exact) mass is 533 g/mol. The Bertz CT molecular complexity index is 1020. The van der Waals surface area contributed by atoms with Crippen molar-refractivity contribution in [3.63, 3.8) is 0 Å². The van der Waals surface area contributed by atoms with E-state index in [4.69, 9.17) is 4.99 Å². The number of nitrogens with one attached hydrogen (secondary N) is 2. The third kappa shape index (κ3) is 15.5. The van der Waals surface area contributed by atoms with E-state index < -0.39 is 0 Å². The Kier molecular flexibility index (Phi) is 19.5. The number of hydrogen-bond donors (Lipinski definition) is 2. The van der Waals surface area contributed by atoms with Crippen LogP contribution in [0, 0.1) is 19.8 Å². The Labute approximate surface area is 238 Å². The first-order valence-electron chi connectivity index (χ1n) is 13.7. The van der Waals surface area contributed by atoms with Gasteiger partial charge >= 0.3 is 0 Å². The maximum atomic E-state index is 12.7. The lowest BCUT2D eigenvalue weighted by atomic mass is 10.1. The summed E-state index contributed by atoms with van der Waals surface area (Å²) in [6, 6.07) is 14.7. The molecule has 0 saturated heterocycles. The second-order valence-corrected chi connectivity index (χ2v) is 9.66. The van der Waals surface area contributed by atoms with Crippen LogP contribution in [0.2, 0.25) is 0 Å². The van der Waals surface area contributed by atoms with Gasteiger partial charge in [-0.15, -0.1) is 6.58 Å². The summed E-state index contributed by atoms with van der Waals surface area (Å²) in [5.41, 5.74) is 5.97. The van der Waals surface area contributed by atoms with Crippen molar-refractivity contribution in [2.24, 2.45) is 15.9 Å². The van der Waals surface area contributed by atoms with Crippen molar-refractivity contribution >= 4 is 29.7 Å². The standard InChI is InChI=1S/C27H40N4O.C3H5N.C3H6/c1-20(2)11-10-15-31(19-23-12-8-7-9-13-23)16-14-24(27(32)29-6)30-26-18-22(4)21(3)17-25(26)28-5;1-3-4-2;1-3-2/h7-9,12-13,17-18,20,28H,10-11,14-16,19H2,1-6H3,(H,29,32);3H,1-2H2;3H,1H2,2H3. The number of allylic oxidation sites excluding steroid dienone is 1. The van der Waals surface area contributed by atoms with Crippen LogP contribution in [-0.2, 0) is 11.3 Å². The molecule has 0 aliphatic heterocycles. The topological polar surface area (TPSA) is 69.1 Å². The van der Waals surface area contributed by atoms with E-state index in [9.17, 15) is 4.79 Å². The second kappa shape index (κ2) is 21.4. The van der Waals surface area contributed by atoms with Gasteiger partial charge in [0.1, 0.15) is 5.71 Å². The Balaban J connectivity index is 0.00000185. The van der Waals surface area contributed by atoms with Gasteiger partial charge in [0.2, 0.25) is 0 Å². The summed E-state index contributed by atoms with van der Waals surface area (Å²) in [7, 11) is 3.56. The third-order valence-electron chi connectivity index (χ3n) is 5.92. The molecule has 6 nitrogen and oxygen atoms in total. The molecule has 0 aliphatic carbocycles. The second-order valence-electron chi connectivity index (χ2n) is 9.66. The van der Waals surface area contributed by atoms with Crippen LogP contribution < -0.4 is 10.6 Å². The minimum absolute atomic E-state index is 0.118. The number of nitrogens with zero attached hydrogens (tertiary/aromatic N) is 3. The zero-order chi connectivity index (χ0) is 29.6. The van der Waals surface area contributed by atoms with E-state index in [-0.39, 0.29) is 5.91 Å². The van der Waals surface area contributed by atoms with Crippen LogP contribution in [0.25, 0.3) is 0 Å². The Morgan fingerprint density at radius 2 is 1.64 bits per heavy atom. The average Bonchev–Trinajstić information content (AvgIpc) is 2.92. The van der Waals surface area contributed by atoms with Crippen molar-refractivity contribution in [2.75, 3.05) is 32.5 Å². The summed E-state index contributed by atoms with van der Waals surface area (Å²) in [5, 5.41) is 5.98. The van der Waals surface area contributed by atoms with Crippen molar-refractivity contribution < 1.29 is 4.79 Å². The lowest BCUT2D eigenvalue weighted by molar-refractivity contribution is -0.114. The highest BCUT2D eigenvalue weighted by atomic mass is 16.1. The van der Waals surface area contributed by atoms with Crippen LogP contribution in [0.1, 0.15) is 56.7 Å². The largest absolute Gasteiger partial charge is 0.386 e. The molecule has 0 saturated carbocycles. The van der Waals surface area contributed by atoms with E-state index in [1.807, 2.05) is 20.0 Å². The zero-order valence-corrected chi connectivity index (χ0v) is 25.4. The maximum absolute atomic E-state index is 12.7. The van der Waals surface area contributed by atoms with Crippen molar-refractivity contribution in [1.29, 1.82) is 0 Å². The molecule has 2 N–H and O–H groups in total. The third-order valence-corrected chi connectivity index (χ3v) is 5.92. The molecule has 0 bridgehead atoms. The van der Waals surface area contributed by atoms with E-state index >= 15 is 0 Å². The van der Waals surface area contributed by atoms with Crippen LogP contribution in [0.4, 0.5) is 11.4 Å². The van der Waals surface area contributed by atoms with E-state index in [0.717, 1.165) is 37.4 Å². The summed E-state index contributed by atoms with van der Waals surface area (Å²) in [6.07, 6.45) is 6.10. The molecule has 1 amide bonds. The van der Waals surface area contributed by atoms with E-state index in [1.165, 1.54) is 29.3 Å². The highest BCUT2D eigenvalue weighted by molar-refractivity contribution is 6.39. The quantitative estimate of drug-likeness (QED) is 0.207. The van der Waals surface area contributed by atoms with Crippen molar-refractivity contribution in [3.05, 3.63) is 84.6 Å². The smallest absolute Gasteiger partial charge is 0.265 e. The van der Waals surface area contributed by atoms with E-state index in [0.29, 0.717) is 18.1 Å². The van der Waals surface area contributed by atoms with Crippen LogP contribution in [0.15, 0.2) is 77.9 Å². The minimum Gasteiger partial charge on any atom is -0.386 e. The number of carbonyl (C=O) groups excluding carboxylic acids is 1. The number of anilines is 1. The number of amides is 1. The van der Waals surface area contributed by atoms with Gasteiger partial charge in [0.15, 0.2) is 0 Å². The number of carbonyl (C=O) groups is 1. The molecule has 0 fully saturated rings. The molecule has 6 heteroatoms. The van der Waals surface area contributed by atoms with E-state index in [1.54, 1.807) is 13.1 Å². The molecule has 0 radical (unpaired) electrons. The molecule has 0 atom stereocenters. The van der Waals surface area contributed by atoms with Crippen LogP contribution >= 0.6 is 0 Å². The predicted octanol–water partition coefficient (Wildman–Crippen LogP) is 7.51. The average molecular weight is 534 g/mol. The summed E-state index contributed by atoms with van der Waals surface area (Å²) >= 11 is 0. The van der Waals surface area contributed by atoms with Gasteiger partial charge in [-0.1, -0.05) is 56.8 Å². The molecule has 0 aromatic heterocycles. The number of hydrogen-bond acceptors (Lipinski definition) is 5. The van der Waals surface area contributed by atoms with Crippen LogP contribution in [0.3, 0.4) is 0 Å². The van der Waals surface area contributed by atoms with Crippen molar-refractivity contribution in [2.45, 2.75) is 60.4 Å². The normalized spacial score (nSPS) is 10.5. The fraction of sp³-hybridized carbons (Fsp3) is 0.424. The maximum Gasteiger partial charge on any atom is 0.265 e. The highest BCUT2D eigenvalue weighted by Crippen LogP contribution is 2.28.